The van der Waals surface area contributed by atoms with Crippen molar-refractivity contribution in [3.05, 3.63) is 29.6 Å². The number of amides is 1. The second kappa shape index (κ2) is 6.73. The number of rotatable bonds is 2. The lowest BCUT2D eigenvalue weighted by Gasteiger charge is -2.27. The summed E-state index contributed by atoms with van der Waals surface area (Å²) < 4.78 is 14.3. The van der Waals surface area contributed by atoms with Crippen molar-refractivity contribution < 1.29 is 9.18 Å². The Morgan fingerprint density at radius 1 is 1.10 bits per heavy atom. The van der Waals surface area contributed by atoms with Crippen LogP contribution < -0.4 is 4.90 Å². The lowest BCUT2D eigenvalue weighted by atomic mass is 10.1. The molecule has 0 spiro atoms. The highest BCUT2D eigenvalue weighted by Crippen LogP contribution is 2.24. The van der Waals surface area contributed by atoms with Crippen LogP contribution in [0, 0.1) is 5.82 Å². The van der Waals surface area contributed by atoms with Gasteiger partial charge < -0.3 is 9.80 Å². The minimum Gasteiger partial charge on any atom is -0.369 e. The molecule has 0 atom stereocenters. The molecular formula is C16H23FN2O. The molecule has 4 heteroatoms. The van der Waals surface area contributed by atoms with Gasteiger partial charge in [0, 0.05) is 32.7 Å². The summed E-state index contributed by atoms with van der Waals surface area (Å²) in [5, 5.41) is 0. The fourth-order valence-electron chi connectivity index (χ4n) is 2.64. The first kappa shape index (κ1) is 14.8. The Morgan fingerprint density at radius 2 is 1.70 bits per heavy atom. The van der Waals surface area contributed by atoms with Gasteiger partial charge in [-0.25, -0.2) is 4.39 Å². The molecule has 110 valence electrons. The predicted octanol–water partition coefficient (Wildman–Crippen LogP) is 3.30. The van der Waals surface area contributed by atoms with Gasteiger partial charge >= 0.3 is 0 Å². The average Bonchev–Trinajstić information content (AvgIpc) is 2.38. The number of anilines is 1. The highest BCUT2D eigenvalue weighted by molar-refractivity contribution is 5.94. The Morgan fingerprint density at radius 3 is 2.25 bits per heavy atom. The zero-order valence-corrected chi connectivity index (χ0v) is 12.4. The largest absolute Gasteiger partial charge is 0.369 e. The number of hydrogen-bond donors (Lipinski definition) is 0. The van der Waals surface area contributed by atoms with Gasteiger partial charge in [0.25, 0.3) is 5.91 Å². The Hall–Kier alpha value is -1.58. The fraction of sp³-hybridized carbons (Fsp3) is 0.562. The van der Waals surface area contributed by atoms with Gasteiger partial charge in [-0.2, -0.15) is 0 Å². The summed E-state index contributed by atoms with van der Waals surface area (Å²) in [5.41, 5.74) is 1.03. The number of carbonyl (C=O) groups excluding carboxylic acids is 1. The molecule has 20 heavy (non-hydrogen) atoms. The smallest absolute Gasteiger partial charge is 0.253 e. The molecule has 1 aliphatic heterocycles. The van der Waals surface area contributed by atoms with Crippen molar-refractivity contribution in [1.82, 2.24) is 4.90 Å². The molecule has 1 saturated heterocycles. The molecule has 0 radical (unpaired) electrons. The maximum absolute atomic E-state index is 14.3. The van der Waals surface area contributed by atoms with Crippen molar-refractivity contribution in [3.8, 4) is 0 Å². The van der Waals surface area contributed by atoms with E-state index >= 15 is 0 Å². The molecule has 0 saturated carbocycles. The first-order valence-electron chi connectivity index (χ1n) is 7.36. The van der Waals surface area contributed by atoms with Crippen LogP contribution in [-0.4, -0.2) is 38.0 Å². The summed E-state index contributed by atoms with van der Waals surface area (Å²) in [6.07, 6.45) is 5.94. The topological polar surface area (TPSA) is 23.6 Å². The molecule has 3 nitrogen and oxygen atoms in total. The molecule has 0 N–H and O–H groups in total. The minimum absolute atomic E-state index is 0.164. The average molecular weight is 278 g/mol. The van der Waals surface area contributed by atoms with Gasteiger partial charge in [0.2, 0.25) is 0 Å². The van der Waals surface area contributed by atoms with E-state index in [-0.39, 0.29) is 11.7 Å². The number of halogens is 1. The SMILES string of the molecule is CN(C)C(=O)c1ccc(N2CCCCCCC2)c(F)c1. The standard InChI is InChI=1S/C16H23FN2O/c1-18(2)16(20)13-8-9-15(14(17)12-13)19-10-6-4-3-5-7-11-19/h8-9,12H,3-7,10-11H2,1-2H3. The molecule has 1 fully saturated rings. The lowest BCUT2D eigenvalue weighted by Crippen LogP contribution is -2.28. The third-order valence-corrected chi connectivity index (χ3v) is 3.80. The highest BCUT2D eigenvalue weighted by atomic mass is 19.1. The van der Waals surface area contributed by atoms with Crippen LogP contribution in [-0.2, 0) is 0 Å². The number of benzene rings is 1. The van der Waals surface area contributed by atoms with E-state index < -0.39 is 0 Å². The summed E-state index contributed by atoms with van der Waals surface area (Å²) in [4.78, 5) is 15.4. The third-order valence-electron chi connectivity index (χ3n) is 3.80. The molecule has 1 aromatic rings. The van der Waals surface area contributed by atoms with Crippen LogP contribution in [0.5, 0.6) is 0 Å². The van der Waals surface area contributed by atoms with Crippen LogP contribution in [0.25, 0.3) is 0 Å². The lowest BCUT2D eigenvalue weighted by molar-refractivity contribution is 0.0827. The summed E-state index contributed by atoms with van der Waals surface area (Å²) in [6, 6.07) is 4.82. The van der Waals surface area contributed by atoms with Gasteiger partial charge in [-0.05, 0) is 31.0 Å². The Kier molecular flexibility index (Phi) is 4.99. The fourth-order valence-corrected chi connectivity index (χ4v) is 2.64. The van der Waals surface area contributed by atoms with Crippen molar-refractivity contribution in [2.75, 3.05) is 32.1 Å². The normalized spacial score (nSPS) is 16.4. The summed E-state index contributed by atoms with van der Waals surface area (Å²) in [7, 11) is 3.35. The van der Waals surface area contributed by atoms with Gasteiger partial charge in [0.1, 0.15) is 5.82 Å². The van der Waals surface area contributed by atoms with E-state index in [9.17, 15) is 9.18 Å². The van der Waals surface area contributed by atoms with Crippen LogP contribution in [0.1, 0.15) is 42.5 Å². The van der Waals surface area contributed by atoms with E-state index in [0.29, 0.717) is 11.3 Å². The van der Waals surface area contributed by atoms with Gasteiger partial charge in [-0.1, -0.05) is 19.3 Å². The second-order valence-electron chi connectivity index (χ2n) is 5.62. The van der Waals surface area contributed by atoms with Gasteiger partial charge in [-0.3, -0.25) is 4.79 Å². The maximum Gasteiger partial charge on any atom is 0.253 e. The Bertz CT molecular complexity index is 466. The van der Waals surface area contributed by atoms with Crippen LogP contribution in [0.4, 0.5) is 10.1 Å². The van der Waals surface area contributed by atoms with E-state index in [2.05, 4.69) is 4.90 Å². The van der Waals surface area contributed by atoms with Crippen molar-refractivity contribution in [1.29, 1.82) is 0 Å². The van der Waals surface area contributed by atoms with Crippen LogP contribution in [0.3, 0.4) is 0 Å². The minimum atomic E-state index is -0.293. The van der Waals surface area contributed by atoms with Gasteiger partial charge in [-0.15, -0.1) is 0 Å². The highest BCUT2D eigenvalue weighted by Gasteiger charge is 2.16. The molecule has 1 amide bonds. The third kappa shape index (κ3) is 3.50. The van der Waals surface area contributed by atoms with Gasteiger partial charge in [0.15, 0.2) is 0 Å². The van der Waals surface area contributed by atoms with Crippen molar-refractivity contribution in [3.63, 3.8) is 0 Å². The number of nitrogens with zero attached hydrogens (tertiary/aromatic N) is 2. The Labute approximate surface area is 120 Å². The molecule has 1 heterocycles. The maximum atomic E-state index is 14.3. The first-order chi connectivity index (χ1) is 9.59. The zero-order valence-electron chi connectivity index (χ0n) is 12.4. The summed E-state index contributed by atoms with van der Waals surface area (Å²) in [6.45, 7) is 1.80. The van der Waals surface area contributed by atoms with E-state index in [1.807, 2.05) is 0 Å². The number of hydrogen-bond acceptors (Lipinski definition) is 2. The monoisotopic (exact) mass is 278 g/mol. The van der Waals surface area contributed by atoms with E-state index in [4.69, 9.17) is 0 Å². The van der Waals surface area contributed by atoms with Crippen LogP contribution in [0.15, 0.2) is 18.2 Å². The second-order valence-corrected chi connectivity index (χ2v) is 5.62. The quantitative estimate of drug-likeness (QED) is 0.828. The van der Waals surface area contributed by atoms with Crippen molar-refractivity contribution in [2.45, 2.75) is 32.1 Å². The van der Waals surface area contributed by atoms with Crippen LogP contribution >= 0.6 is 0 Å². The molecule has 1 aliphatic rings. The molecule has 0 aliphatic carbocycles. The zero-order chi connectivity index (χ0) is 14.5. The molecular weight excluding hydrogens is 255 g/mol. The van der Waals surface area contributed by atoms with E-state index in [1.165, 1.54) is 30.2 Å². The molecule has 2 rings (SSSR count). The van der Waals surface area contributed by atoms with E-state index in [0.717, 1.165) is 25.9 Å². The molecule has 0 aromatic heterocycles. The summed E-state index contributed by atoms with van der Waals surface area (Å²) in [5.74, 6) is -0.457. The van der Waals surface area contributed by atoms with Crippen molar-refractivity contribution in [2.24, 2.45) is 0 Å². The van der Waals surface area contributed by atoms with E-state index in [1.54, 1.807) is 26.2 Å². The summed E-state index contributed by atoms with van der Waals surface area (Å²) >= 11 is 0. The molecule has 0 unspecified atom stereocenters. The Balaban J connectivity index is 2.17. The number of carbonyl (C=O) groups is 1. The first-order valence-corrected chi connectivity index (χ1v) is 7.36. The van der Waals surface area contributed by atoms with Gasteiger partial charge in [0.05, 0.1) is 5.69 Å². The molecule has 1 aromatic carbocycles. The predicted molar refractivity (Wildman–Crippen MR) is 79.7 cm³/mol. The van der Waals surface area contributed by atoms with Crippen molar-refractivity contribution >= 4 is 11.6 Å². The van der Waals surface area contributed by atoms with Crippen LogP contribution in [0.2, 0.25) is 0 Å². The molecule has 0 bridgehead atoms.